The monoisotopic (exact) mass is 585 g/mol. The second-order valence-electron chi connectivity index (χ2n) is 12.9. The number of halogens is 1. The van der Waals surface area contributed by atoms with Gasteiger partial charge in [-0.3, -0.25) is 9.69 Å². The number of thiophene rings is 1. The normalized spacial score (nSPS) is 19.0. The van der Waals surface area contributed by atoms with Crippen LogP contribution in [0.4, 0.5) is 15.9 Å². The maximum absolute atomic E-state index is 15.4. The Morgan fingerprint density at radius 1 is 1.14 bits per heavy atom. The number of aliphatic hydroxyl groups is 1. The fourth-order valence-corrected chi connectivity index (χ4v) is 8.73. The van der Waals surface area contributed by atoms with Gasteiger partial charge < -0.3 is 20.3 Å². The van der Waals surface area contributed by atoms with Crippen molar-refractivity contribution in [3.63, 3.8) is 0 Å². The Bertz CT molecular complexity index is 1790. The van der Waals surface area contributed by atoms with E-state index in [2.05, 4.69) is 48.6 Å². The number of aliphatic hydroxyl groups excluding tert-OH is 1. The van der Waals surface area contributed by atoms with E-state index >= 15 is 4.39 Å². The van der Waals surface area contributed by atoms with E-state index in [1.807, 2.05) is 17.4 Å². The molecule has 4 aromatic rings. The van der Waals surface area contributed by atoms with Crippen molar-refractivity contribution < 1.29 is 9.50 Å². The summed E-state index contributed by atoms with van der Waals surface area (Å²) in [5.74, 6) is -0.240. The summed E-state index contributed by atoms with van der Waals surface area (Å²) < 4.78 is 16.8. The maximum Gasteiger partial charge on any atom is 0.293 e. The topological polar surface area (TPSA) is 82.4 Å². The zero-order chi connectivity index (χ0) is 29.3. The molecule has 3 aliphatic rings. The van der Waals surface area contributed by atoms with Gasteiger partial charge in [0.1, 0.15) is 5.82 Å². The molecule has 2 aliphatic heterocycles. The first-order chi connectivity index (χ1) is 20.1. The Balaban J connectivity index is 1.29. The molecule has 0 radical (unpaired) electrons. The third-order valence-corrected chi connectivity index (χ3v) is 10.3. The van der Waals surface area contributed by atoms with Crippen molar-refractivity contribution in [1.29, 1.82) is 0 Å². The molecule has 2 aromatic heterocycles. The number of aromatic nitrogens is 2. The minimum Gasteiger partial charge on any atom is -0.392 e. The summed E-state index contributed by atoms with van der Waals surface area (Å²) in [6, 6.07) is 8.83. The zero-order valence-corrected chi connectivity index (χ0v) is 25.3. The van der Waals surface area contributed by atoms with Crippen LogP contribution in [0.15, 0.2) is 41.3 Å². The first-order valence-electron chi connectivity index (χ1n) is 14.6. The summed E-state index contributed by atoms with van der Waals surface area (Å²) in [6.45, 7) is 6.91. The highest BCUT2D eigenvalue weighted by atomic mass is 32.1. The number of hydrogen-bond acceptors (Lipinski definition) is 7. The van der Waals surface area contributed by atoms with Crippen molar-refractivity contribution in [2.45, 2.75) is 58.8 Å². The van der Waals surface area contributed by atoms with Crippen molar-refractivity contribution in [3.05, 3.63) is 95.8 Å². The molecule has 4 heterocycles. The third-order valence-electron chi connectivity index (χ3n) is 8.93. The second-order valence-corrected chi connectivity index (χ2v) is 14.0. The van der Waals surface area contributed by atoms with Crippen LogP contribution in [0.5, 0.6) is 0 Å². The molecular formula is C33H36FN5O2S. The van der Waals surface area contributed by atoms with Gasteiger partial charge in [-0.05, 0) is 89.4 Å². The quantitative estimate of drug-likeness (QED) is 0.299. The number of benzene rings is 2. The number of fused-ring (bicyclic) bond motifs is 4. The Labute approximate surface area is 249 Å². The molecule has 7 nitrogen and oxygen atoms in total. The Kier molecular flexibility index (Phi) is 6.62. The van der Waals surface area contributed by atoms with Gasteiger partial charge in [-0.15, -0.1) is 11.3 Å². The molecule has 2 aromatic carbocycles. The molecule has 1 atom stereocenters. The average Bonchev–Trinajstić information content (AvgIpc) is 3.58. The number of aryl methyl sites for hydroxylation is 1. The minimum absolute atomic E-state index is 0.159. The fourth-order valence-electron chi connectivity index (χ4n) is 7.01. The number of hydrogen-bond donors (Lipinski definition) is 3. The third kappa shape index (κ3) is 4.68. The van der Waals surface area contributed by atoms with E-state index in [1.54, 1.807) is 19.3 Å². The van der Waals surface area contributed by atoms with Gasteiger partial charge in [0.2, 0.25) is 0 Å². The zero-order valence-electron chi connectivity index (χ0n) is 24.5. The second kappa shape index (κ2) is 10.1. The molecule has 3 N–H and O–H groups in total. The predicted octanol–water partition coefficient (Wildman–Crippen LogP) is 5.19. The van der Waals surface area contributed by atoms with Gasteiger partial charge in [-0.25, -0.2) is 9.37 Å². The summed E-state index contributed by atoms with van der Waals surface area (Å²) in [6.07, 6.45) is 4.71. The molecule has 218 valence electrons. The first-order valence-corrected chi connectivity index (χ1v) is 15.4. The van der Waals surface area contributed by atoms with Crippen LogP contribution in [0.2, 0.25) is 0 Å². The smallest absolute Gasteiger partial charge is 0.293 e. The van der Waals surface area contributed by atoms with E-state index in [4.69, 9.17) is 4.98 Å². The van der Waals surface area contributed by atoms with Crippen molar-refractivity contribution >= 4 is 22.8 Å². The lowest BCUT2D eigenvalue weighted by molar-refractivity contribution is 0.280. The van der Waals surface area contributed by atoms with Crippen LogP contribution in [-0.2, 0) is 46.0 Å². The molecule has 9 heteroatoms. The van der Waals surface area contributed by atoms with E-state index in [0.29, 0.717) is 16.8 Å². The van der Waals surface area contributed by atoms with E-state index in [-0.39, 0.29) is 29.4 Å². The molecule has 0 saturated carbocycles. The Morgan fingerprint density at radius 2 is 1.95 bits per heavy atom. The highest BCUT2D eigenvalue weighted by molar-refractivity contribution is 7.12. The number of nitrogens with one attached hydrogen (secondary N) is 2. The maximum atomic E-state index is 15.4. The molecule has 0 amide bonds. The van der Waals surface area contributed by atoms with E-state index in [0.717, 1.165) is 50.1 Å². The van der Waals surface area contributed by atoms with Gasteiger partial charge in [-0.2, -0.15) is 0 Å². The molecular weight excluding hydrogens is 549 g/mol. The first kappa shape index (κ1) is 27.5. The molecule has 42 heavy (non-hydrogen) atoms. The van der Waals surface area contributed by atoms with E-state index in [1.165, 1.54) is 42.6 Å². The van der Waals surface area contributed by atoms with Crippen LogP contribution in [0.3, 0.4) is 0 Å². The summed E-state index contributed by atoms with van der Waals surface area (Å²) in [7, 11) is 3.74. The van der Waals surface area contributed by atoms with Gasteiger partial charge in [-0.1, -0.05) is 19.9 Å². The van der Waals surface area contributed by atoms with Crippen LogP contribution in [-0.4, -0.2) is 33.1 Å². The molecule has 0 saturated heterocycles. The summed E-state index contributed by atoms with van der Waals surface area (Å²) in [5.41, 5.74) is 8.39. The molecule has 1 aliphatic carbocycles. The van der Waals surface area contributed by atoms with E-state index in [9.17, 15) is 9.90 Å². The van der Waals surface area contributed by atoms with Crippen LogP contribution in [0.25, 0.3) is 11.3 Å². The summed E-state index contributed by atoms with van der Waals surface area (Å²) >= 11 is 1.83. The fraction of sp³-hybridized carbons (Fsp3) is 0.394. The van der Waals surface area contributed by atoms with Gasteiger partial charge in [0, 0.05) is 53.9 Å². The number of rotatable bonds is 5. The van der Waals surface area contributed by atoms with Crippen molar-refractivity contribution in [1.82, 2.24) is 19.8 Å². The number of nitrogens with zero attached hydrogens (tertiary/aromatic N) is 3. The number of anilines is 2. The predicted molar refractivity (Wildman–Crippen MR) is 165 cm³/mol. The SMILES string of the molecule is CN1Cc2ccc(Nc3nc(-c4cc(F)cc(C5NCCc6c5sc5c6CC(C)(C)C5)c4CO)cn(C)c3=O)cc2C1. The highest BCUT2D eigenvalue weighted by Crippen LogP contribution is 2.48. The lowest BCUT2D eigenvalue weighted by atomic mass is 9.87. The highest BCUT2D eigenvalue weighted by Gasteiger charge is 2.37. The molecule has 1 unspecified atom stereocenters. The lowest BCUT2D eigenvalue weighted by Gasteiger charge is -2.28. The van der Waals surface area contributed by atoms with Crippen LogP contribution in [0, 0.1) is 11.2 Å². The standard InChI is InChI=1S/C33H36FN5O2S/c1-33(2)12-25-22-7-8-35-29(30(22)42-28(25)13-33)24-11-20(34)10-23(26(24)17-40)27-16-39(4)32(41)31(37-27)36-21-6-5-18-14-38(3)15-19(18)9-21/h5-6,9-11,16,29,35,40H,7-8,12-15,17H2,1-4H3,(H,36,37). The van der Waals surface area contributed by atoms with Crippen molar-refractivity contribution in [3.8, 4) is 11.3 Å². The molecule has 0 bridgehead atoms. The van der Waals surface area contributed by atoms with E-state index < -0.39 is 5.82 Å². The minimum atomic E-state index is -0.399. The molecule has 0 fully saturated rings. The molecule has 0 spiro atoms. The summed E-state index contributed by atoms with van der Waals surface area (Å²) in [4.78, 5) is 22.7. The van der Waals surface area contributed by atoms with Crippen LogP contribution < -0.4 is 16.2 Å². The molecule has 7 rings (SSSR count). The van der Waals surface area contributed by atoms with Crippen LogP contribution in [0.1, 0.15) is 63.0 Å². The summed E-state index contributed by atoms with van der Waals surface area (Å²) in [5, 5.41) is 17.5. The Morgan fingerprint density at radius 3 is 2.76 bits per heavy atom. The van der Waals surface area contributed by atoms with Crippen LogP contribution >= 0.6 is 11.3 Å². The average molecular weight is 586 g/mol. The van der Waals surface area contributed by atoms with Gasteiger partial charge in [0.25, 0.3) is 5.56 Å². The van der Waals surface area contributed by atoms with Gasteiger partial charge >= 0.3 is 0 Å². The van der Waals surface area contributed by atoms with Crippen molar-refractivity contribution in [2.24, 2.45) is 12.5 Å². The van der Waals surface area contributed by atoms with Gasteiger partial charge in [0.15, 0.2) is 5.82 Å². The van der Waals surface area contributed by atoms with Crippen molar-refractivity contribution in [2.75, 3.05) is 18.9 Å². The largest absolute Gasteiger partial charge is 0.392 e. The Hall–Kier alpha value is -3.37. The van der Waals surface area contributed by atoms with Gasteiger partial charge in [0.05, 0.1) is 18.3 Å². The lowest BCUT2D eigenvalue weighted by Crippen LogP contribution is -2.31.